The highest BCUT2D eigenvalue weighted by Gasteiger charge is 2.28. The molecule has 6 nitrogen and oxygen atoms in total. The fourth-order valence-electron chi connectivity index (χ4n) is 2.51. The minimum Gasteiger partial charge on any atom is -0.372 e. The largest absolute Gasteiger partial charge is 0.372 e. The molecule has 0 saturated carbocycles. The molecule has 0 unspecified atom stereocenters. The van der Waals surface area contributed by atoms with E-state index in [0.29, 0.717) is 19.0 Å². The van der Waals surface area contributed by atoms with Gasteiger partial charge in [0.2, 0.25) is 0 Å². The lowest BCUT2D eigenvalue weighted by Crippen LogP contribution is -2.42. The van der Waals surface area contributed by atoms with Crippen LogP contribution in [0, 0.1) is 0 Å². The zero-order valence-electron chi connectivity index (χ0n) is 17.5. The molecule has 0 aliphatic carbocycles. The van der Waals surface area contributed by atoms with Gasteiger partial charge in [0.05, 0.1) is 10.5 Å². The predicted octanol–water partition coefficient (Wildman–Crippen LogP) is 2.67. The molecule has 1 aromatic rings. The minimum atomic E-state index is -3.13. The molecule has 0 saturated heterocycles. The molecule has 0 bridgehead atoms. The second-order valence-electron chi connectivity index (χ2n) is 7.39. The van der Waals surface area contributed by atoms with E-state index in [1.165, 1.54) is 5.69 Å². The summed E-state index contributed by atoms with van der Waals surface area (Å²) < 4.78 is 23.6. The van der Waals surface area contributed by atoms with Gasteiger partial charge in [-0.1, -0.05) is 18.2 Å². The summed E-state index contributed by atoms with van der Waals surface area (Å²) in [5, 5.41) is 6.30. The summed E-state index contributed by atoms with van der Waals surface area (Å²) in [7, 11) is -3.13. The lowest BCUT2D eigenvalue weighted by atomic mass is 10.2. The van der Waals surface area contributed by atoms with Gasteiger partial charge in [0.25, 0.3) is 0 Å². The number of nitrogens with zero attached hydrogens (tertiary/aromatic N) is 2. The van der Waals surface area contributed by atoms with Crippen LogP contribution >= 0.6 is 0 Å². The van der Waals surface area contributed by atoms with Crippen molar-refractivity contribution in [2.24, 2.45) is 4.99 Å². The van der Waals surface area contributed by atoms with Crippen LogP contribution in [0.5, 0.6) is 0 Å². The standard InChI is InChI=1S/C20H36N4O2S/c1-6-21-19(23-15-17-27(25,26)20(3,4)5)22-14-11-16-24(7-2)18-12-9-8-10-13-18/h8-10,12-13H,6-7,11,14-17H2,1-5H3,(H2,21,22,23). The molecule has 1 aromatic carbocycles. The van der Waals surface area contributed by atoms with Crippen molar-refractivity contribution < 1.29 is 8.42 Å². The molecule has 0 atom stereocenters. The third kappa shape index (κ3) is 8.20. The monoisotopic (exact) mass is 396 g/mol. The topological polar surface area (TPSA) is 73.8 Å². The van der Waals surface area contributed by atoms with Gasteiger partial charge in [-0.15, -0.1) is 0 Å². The van der Waals surface area contributed by atoms with Gasteiger partial charge in [-0.05, 0) is 53.2 Å². The van der Waals surface area contributed by atoms with Crippen LogP contribution in [0.3, 0.4) is 0 Å². The first kappa shape index (κ1) is 23.3. The van der Waals surface area contributed by atoms with Crippen molar-refractivity contribution in [1.29, 1.82) is 0 Å². The van der Waals surface area contributed by atoms with Crippen LogP contribution in [0.2, 0.25) is 0 Å². The molecule has 0 aliphatic heterocycles. The second kappa shape index (κ2) is 11.2. The first-order chi connectivity index (χ1) is 12.7. The van der Waals surface area contributed by atoms with Crippen LogP contribution in [0.25, 0.3) is 0 Å². The van der Waals surface area contributed by atoms with Gasteiger partial charge >= 0.3 is 0 Å². The number of hydrogen-bond acceptors (Lipinski definition) is 4. The number of para-hydroxylation sites is 1. The van der Waals surface area contributed by atoms with Crippen LogP contribution in [-0.4, -0.2) is 57.6 Å². The van der Waals surface area contributed by atoms with E-state index in [2.05, 4.69) is 51.7 Å². The normalized spacial score (nSPS) is 12.7. The highest BCUT2D eigenvalue weighted by Crippen LogP contribution is 2.15. The molecule has 0 aliphatic rings. The van der Waals surface area contributed by atoms with Crippen molar-refractivity contribution in [3.05, 3.63) is 30.3 Å². The summed E-state index contributed by atoms with van der Waals surface area (Å²) in [5.41, 5.74) is 1.22. The minimum absolute atomic E-state index is 0.0958. The summed E-state index contributed by atoms with van der Waals surface area (Å²) in [6, 6.07) is 10.4. The molecular weight excluding hydrogens is 360 g/mol. The number of aliphatic imine (C=N–C) groups is 1. The van der Waals surface area contributed by atoms with E-state index in [4.69, 9.17) is 0 Å². The van der Waals surface area contributed by atoms with Crippen molar-refractivity contribution in [1.82, 2.24) is 10.6 Å². The second-order valence-corrected chi connectivity index (χ2v) is 10.2. The third-order valence-corrected chi connectivity index (χ3v) is 6.91. The molecule has 0 radical (unpaired) electrons. The zero-order valence-corrected chi connectivity index (χ0v) is 18.3. The van der Waals surface area contributed by atoms with Gasteiger partial charge < -0.3 is 15.5 Å². The molecule has 154 valence electrons. The maximum absolute atomic E-state index is 12.2. The smallest absolute Gasteiger partial charge is 0.191 e. The number of rotatable bonds is 10. The summed E-state index contributed by atoms with van der Waals surface area (Å²) in [6.07, 6.45) is 0.930. The Morgan fingerprint density at radius 2 is 1.78 bits per heavy atom. The summed E-state index contributed by atoms with van der Waals surface area (Å²) in [4.78, 5) is 6.89. The average molecular weight is 397 g/mol. The lowest BCUT2D eigenvalue weighted by molar-refractivity contribution is 0.559. The van der Waals surface area contributed by atoms with E-state index in [1.807, 2.05) is 13.0 Å². The Morgan fingerprint density at radius 3 is 2.33 bits per heavy atom. The van der Waals surface area contributed by atoms with Gasteiger partial charge in [0.1, 0.15) is 0 Å². The number of benzene rings is 1. The first-order valence-electron chi connectivity index (χ1n) is 9.75. The summed E-state index contributed by atoms with van der Waals surface area (Å²) >= 11 is 0. The van der Waals surface area contributed by atoms with Crippen LogP contribution in [0.15, 0.2) is 35.3 Å². The Balaban J connectivity index is 2.49. The number of anilines is 1. The molecule has 1 rings (SSSR count). The van der Waals surface area contributed by atoms with Crippen molar-refractivity contribution in [2.45, 2.75) is 45.8 Å². The number of nitrogens with one attached hydrogen (secondary N) is 2. The molecule has 0 aromatic heterocycles. The van der Waals surface area contributed by atoms with Gasteiger partial charge in [-0.3, -0.25) is 4.99 Å². The Hall–Kier alpha value is -1.76. The number of sulfone groups is 1. The summed E-state index contributed by atoms with van der Waals surface area (Å²) in [5.74, 6) is 0.766. The van der Waals surface area contributed by atoms with E-state index in [1.54, 1.807) is 20.8 Å². The Bertz CT molecular complexity index is 667. The Morgan fingerprint density at radius 1 is 1.11 bits per heavy atom. The van der Waals surface area contributed by atoms with Gasteiger partial charge in [0, 0.05) is 38.4 Å². The van der Waals surface area contributed by atoms with Gasteiger partial charge in [-0.25, -0.2) is 8.42 Å². The molecule has 0 amide bonds. The molecule has 0 spiro atoms. The molecule has 7 heteroatoms. The van der Waals surface area contributed by atoms with E-state index in [0.717, 1.165) is 26.1 Å². The van der Waals surface area contributed by atoms with Crippen molar-refractivity contribution in [3.63, 3.8) is 0 Å². The molecule has 27 heavy (non-hydrogen) atoms. The van der Waals surface area contributed by atoms with Crippen molar-refractivity contribution >= 4 is 21.5 Å². The Labute approximate surface area is 165 Å². The predicted molar refractivity (Wildman–Crippen MR) is 116 cm³/mol. The van der Waals surface area contributed by atoms with Crippen LogP contribution < -0.4 is 15.5 Å². The number of guanidine groups is 1. The number of hydrogen-bond donors (Lipinski definition) is 2. The van der Waals surface area contributed by atoms with Crippen molar-refractivity contribution in [2.75, 3.05) is 43.4 Å². The van der Waals surface area contributed by atoms with Gasteiger partial charge in [-0.2, -0.15) is 0 Å². The van der Waals surface area contributed by atoms with Crippen LogP contribution in [0.4, 0.5) is 5.69 Å². The molecule has 2 N–H and O–H groups in total. The average Bonchev–Trinajstić information content (AvgIpc) is 2.61. The zero-order chi connectivity index (χ0) is 20.3. The maximum Gasteiger partial charge on any atom is 0.191 e. The maximum atomic E-state index is 12.2. The van der Waals surface area contributed by atoms with E-state index < -0.39 is 14.6 Å². The molecule has 0 heterocycles. The van der Waals surface area contributed by atoms with E-state index in [-0.39, 0.29) is 5.75 Å². The third-order valence-electron chi connectivity index (χ3n) is 4.30. The fourth-order valence-corrected chi connectivity index (χ4v) is 3.50. The first-order valence-corrected chi connectivity index (χ1v) is 11.4. The van der Waals surface area contributed by atoms with Crippen LogP contribution in [0.1, 0.15) is 41.0 Å². The molecule has 0 fully saturated rings. The highest BCUT2D eigenvalue weighted by atomic mass is 32.2. The molecular formula is C20H36N4O2S. The SMILES string of the molecule is CCNC(=NCCCN(CC)c1ccccc1)NCCS(=O)(=O)C(C)(C)C. The van der Waals surface area contributed by atoms with Gasteiger partial charge in [0.15, 0.2) is 15.8 Å². The van der Waals surface area contributed by atoms with Crippen LogP contribution in [-0.2, 0) is 9.84 Å². The lowest BCUT2D eigenvalue weighted by Gasteiger charge is -2.22. The summed E-state index contributed by atoms with van der Waals surface area (Å²) in [6.45, 7) is 13.0. The van der Waals surface area contributed by atoms with Crippen molar-refractivity contribution in [3.8, 4) is 0 Å². The highest BCUT2D eigenvalue weighted by molar-refractivity contribution is 7.92. The Kier molecular flexibility index (Phi) is 9.63. The van der Waals surface area contributed by atoms with E-state index in [9.17, 15) is 8.42 Å². The fraction of sp³-hybridized carbons (Fsp3) is 0.650. The quantitative estimate of drug-likeness (QED) is 0.361. The van der Waals surface area contributed by atoms with E-state index >= 15 is 0 Å².